The number of Topliss-reactive ketones (excluding diaryl/α,β-unsaturated/α-hetero) is 1. The third-order valence-electron chi connectivity index (χ3n) is 6.95. The second-order valence-electron chi connectivity index (χ2n) is 9.42. The van der Waals surface area contributed by atoms with E-state index in [-0.39, 0.29) is 47.6 Å². The Kier molecular flexibility index (Phi) is 6.85. The number of hydrogen-bond acceptors (Lipinski definition) is 5. The number of amides is 3. The zero-order valence-electron chi connectivity index (χ0n) is 21.2. The molecule has 0 bridgehead atoms. The van der Waals surface area contributed by atoms with E-state index in [2.05, 4.69) is 10.3 Å². The summed E-state index contributed by atoms with van der Waals surface area (Å²) in [4.78, 5) is 46.7. The van der Waals surface area contributed by atoms with Gasteiger partial charge in [0, 0.05) is 49.2 Å². The number of rotatable bonds is 5. The average Bonchev–Trinajstić information content (AvgIpc) is 3.32. The van der Waals surface area contributed by atoms with Crippen molar-refractivity contribution in [2.24, 2.45) is 0 Å². The first-order chi connectivity index (χ1) is 19.1. The fraction of sp³-hybridized carbons (Fsp3) is 0.207. The number of pyridine rings is 1. The molecule has 0 fully saturated rings. The van der Waals surface area contributed by atoms with Gasteiger partial charge in [0.15, 0.2) is 5.78 Å². The Hall–Kier alpha value is -4.98. The molecular formula is C29H22F3N5O3. The van der Waals surface area contributed by atoms with Gasteiger partial charge in [0.1, 0.15) is 0 Å². The van der Waals surface area contributed by atoms with Crippen molar-refractivity contribution in [2.75, 3.05) is 11.9 Å². The van der Waals surface area contributed by atoms with Crippen LogP contribution in [0.15, 0.2) is 78.3 Å². The van der Waals surface area contributed by atoms with Crippen LogP contribution in [0.4, 0.5) is 23.7 Å². The highest BCUT2D eigenvalue weighted by atomic mass is 19.4. The summed E-state index contributed by atoms with van der Waals surface area (Å²) in [5.41, 5.74) is 0.963. The predicted molar refractivity (Wildman–Crippen MR) is 138 cm³/mol. The molecule has 3 amide bonds. The molecule has 0 radical (unpaired) electrons. The summed E-state index contributed by atoms with van der Waals surface area (Å²) in [6.45, 7) is 0.151. The van der Waals surface area contributed by atoms with Crippen molar-refractivity contribution >= 4 is 23.4 Å². The number of halogens is 3. The lowest BCUT2D eigenvalue weighted by atomic mass is 9.89. The number of benzene rings is 2. The van der Waals surface area contributed by atoms with E-state index in [1.54, 1.807) is 24.5 Å². The fourth-order valence-corrected chi connectivity index (χ4v) is 5.07. The van der Waals surface area contributed by atoms with E-state index in [0.29, 0.717) is 11.3 Å². The van der Waals surface area contributed by atoms with Gasteiger partial charge in [-0.1, -0.05) is 18.2 Å². The average molecular weight is 546 g/mol. The molecule has 3 aromatic rings. The number of urea groups is 1. The number of aromatic nitrogens is 1. The maximum Gasteiger partial charge on any atom is 0.416 e. The molecule has 8 nitrogen and oxygen atoms in total. The zero-order valence-corrected chi connectivity index (χ0v) is 21.2. The third kappa shape index (κ3) is 4.80. The topological polar surface area (TPSA) is 106 Å². The number of alkyl halides is 3. The molecule has 1 aromatic heterocycles. The third-order valence-corrected chi connectivity index (χ3v) is 6.95. The molecule has 1 aliphatic heterocycles. The largest absolute Gasteiger partial charge is 0.416 e. The van der Waals surface area contributed by atoms with Crippen LogP contribution in [0.2, 0.25) is 0 Å². The second kappa shape index (κ2) is 10.3. The molecule has 202 valence electrons. The van der Waals surface area contributed by atoms with Crippen LogP contribution >= 0.6 is 0 Å². The summed E-state index contributed by atoms with van der Waals surface area (Å²) in [5, 5.41) is 12.3. The van der Waals surface area contributed by atoms with Gasteiger partial charge < -0.3 is 10.2 Å². The minimum absolute atomic E-state index is 0.0124. The second-order valence-corrected chi connectivity index (χ2v) is 9.42. The van der Waals surface area contributed by atoms with Crippen molar-refractivity contribution in [1.29, 1.82) is 5.26 Å². The Morgan fingerprint density at radius 2 is 1.93 bits per heavy atom. The van der Waals surface area contributed by atoms with Gasteiger partial charge >= 0.3 is 12.2 Å². The van der Waals surface area contributed by atoms with E-state index in [0.717, 1.165) is 22.6 Å². The molecule has 1 aliphatic carbocycles. The summed E-state index contributed by atoms with van der Waals surface area (Å²) in [6.07, 6.45) is -1.21. The number of allylic oxidation sites excluding steroid dienone is 1. The van der Waals surface area contributed by atoms with Crippen LogP contribution in [0.1, 0.15) is 51.5 Å². The van der Waals surface area contributed by atoms with E-state index in [1.807, 2.05) is 6.07 Å². The normalized spacial score (nSPS) is 17.1. The van der Waals surface area contributed by atoms with Gasteiger partial charge in [-0.15, -0.1) is 0 Å². The Morgan fingerprint density at radius 3 is 2.62 bits per heavy atom. The van der Waals surface area contributed by atoms with Crippen LogP contribution in [0.25, 0.3) is 0 Å². The molecule has 2 aromatic carbocycles. The summed E-state index contributed by atoms with van der Waals surface area (Å²) in [7, 11) is 1.43. The number of carbonyl (C=O) groups excluding carboxylic acids is 3. The monoisotopic (exact) mass is 545 g/mol. The minimum Gasteiger partial charge on any atom is -0.348 e. The van der Waals surface area contributed by atoms with Gasteiger partial charge in [0.2, 0.25) is 0 Å². The van der Waals surface area contributed by atoms with Gasteiger partial charge in [0.05, 0.1) is 28.9 Å². The number of anilines is 1. The van der Waals surface area contributed by atoms with Crippen molar-refractivity contribution in [2.45, 2.75) is 31.6 Å². The Labute approximate surface area is 227 Å². The first-order valence-electron chi connectivity index (χ1n) is 12.3. The fourth-order valence-electron chi connectivity index (χ4n) is 5.07. The van der Waals surface area contributed by atoms with Crippen LogP contribution in [-0.2, 0) is 17.5 Å². The number of hydrogen-bond donors (Lipinski definition) is 1. The highest BCUT2D eigenvalue weighted by Crippen LogP contribution is 2.45. The number of nitrogens with zero attached hydrogens (tertiary/aromatic N) is 4. The molecular weight excluding hydrogens is 523 g/mol. The summed E-state index contributed by atoms with van der Waals surface area (Å²) in [6, 6.07) is 12.7. The van der Waals surface area contributed by atoms with Gasteiger partial charge in [-0.3, -0.25) is 19.5 Å². The summed E-state index contributed by atoms with van der Waals surface area (Å²) >= 11 is 0. The predicted octanol–water partition coefficient (Wildman–Crippen LogP) is 5.13. The van der Waals surface area contributed by atoms with E-state index in [4.69, 9.17) is 0 Å². The summed E-state index contributed by atoms with van der Waals surface area (Å²) in [5.74, 6) is -0.799. The molecule has 2 heterocycles. The van der Waals surface area contributed by atoms with Gasteiger partial charge in [-0.2, -0.15) is 18.4 Å². The number of nitriles is 1. The lowest BCUT2D eigenvalue weighted by Gasteiger charge is -2.41. The van der Waals surface area contributed by atoms with Crippen LogP contribution in [0.5, 0.6) is 0 Å². The molecule has 5 rings (SSSR count). The SMILES string of the molecule is CN1C(=O)N(c2cccc(C(F)(F)F)c2)C2=C(C(=O)CC2)C1c1ccc(C#N)cc1C(=O)NCc1cccnc1. The highest BCUT2D eigenvalue weighted by molar-refractivity contribution is 6.09. The lowest BCUT2D eigenvalue weighted by Crippen LogP contribution is -2.48. The molecule has 0 saturated carbocycles. The molecule has 2 aliphatic rings. The molecule has 40 heavy (non-hydrogen) atoms. The van der Waals surface area contributed by atoms with Crippen LogP contribution in [0.3, 0.4) is 0 Å². The van der Waals surface area contributed by atoms with E-state index in [9.17, 15) is 32.8 Å². The zero-order chi connectivity index (χ0) is 28.6. The van der Waals surface area contributed by atoms with Gasteiger partial charge in [-0.25, -0.2) is 4.79 Å². The van der Waals surface area contributed by atoms with Crippen molar-refractivity contribution in [3.8, 4) is 6.07 Å². The smallest absolute Gasteiger partial charge is 0.348 e. The number of carbonyl (C=O) groups is 3. The highest BCUT2D eigenvalue weighted by Gasteiger charge is 2.45. The molecule has 0 saturated heterocycles. The van der Waals surface area contributed by atoms with Crippen molar-refractivity contribution < 1.29 is 27.6 Å². The van der Waals surface area contributed by atoms with Crippen molar-refractivity contribution in [3.63, 3.8) is 0 Å². The van der Waals surface area contributed by atoms with Crippen molar-refractivity contribution in [3.05, 3.63) is 106 Å². The summed E-state index contributed by atoms with van der Waals surface area (Å²) < 4.78 is 40.3. The Morgan fingerprint density at radius 1 is 1.12 bits per heavy atom. The molecule has 11 heteroatoms. The van der Waals surface area contributed by atoms with Crippen molar-refractivity contribution in [1.82, 2.24) is 15.2 Å². The maximum atomic E-state index is 13.7. The van der Waals surface area contributed by atoms with Gasteiger partial charge in [0.25, 0.3) is 5.91 Å². The van der Waals surface area contributed by atoms with Crippen LogP contribution < -0.4 is 10.2 Å². The molecule has 1 atom stereocenters. The number of likely N-dealkylation sites (N-methyl/N-ethyl adjacent to an activating group) is 1. The van der Waals surface area contributed by atoms with E-state index >= 15 is 0 Å². The first kappa shape index (κ1) is 26.6. The van der Waals surface area contributed by atoms with E-state index < -0.39 is 29.7 Å². The minimum atomic E-state index is -4.62. The standard InChI is InChI=1S/C29H22F3N5O3/c1-36-26(21-8-7-17(14-33)12-22(21)27(39)35-16-18-4-3-11-34-15-18)25-23(9-10-24(25)38)37(28(36)40)20-6-2-5-19(13-20)29(30,31)32/h2-8,11-13,15,26H,9-10,16H2,1H3,(H,35,39). The Balaban J connectivity index is 1.59. The quantitative estimate of drug-likeness (QED) is 0.478. The molecule has 0 spiro atoms. The van der Waals surface area contributed by atoms with E-state index in [1.165, 1.54) is 42.3 Å². The molecule has 1 unspecified atom stereocenters. The van der Waals surface area contributed by atoms with Crippen LogP contribution in [0, 0.1) is 11.3 Å². The number of ketones is 1. The lowest BCUT2D eigenvalue weighted by molar-refractivity contribution is -0.137. The first-order valence-corrected chi connectivity index (χ1v) is 12.3. The number of nitrogens with one attached hydrogen (secondary N) is 1. The van der Waals surface area contributed by atoms with Crippen LogP contribution in [-0.4, -0.2) is 34.7 Å². The maximum absolute atomic E-state index is 13.7. The molecule has 1 N–H and O–H groups in total. The van der Waals surface area contributed by atoms with Gasteiger partial charge in [-0.05, 0) is 53.9 Å². The Bertz CT molecular complexity index is 1590.